The van der Waals surface area contributed by atoms with Crippen LogP contribution >= 0.6 is 22.9 Å². The van der Waals surface area contributed by atoms with Crippen LogP contribution in [0.4, 0.5) is 5.69 Å². The third-order valence-corrected chi connectivity index (χ3v) is 6.11. The van der Waals surface area contributed by atoms with Crippen LogP contribution in [-0.2, 0) is 9.59 Å². The van der Waals surface area contributed by atoms with E-state index in [1.807, 2.05) is 20.8 Å². The van der Waals surface area contributed by atoms with Crippen molar-refractivity contribution in [1.29, 1.82) is 0 Å². The molecule has 0 aliphatic carbocycles. The maximum absolute atomic E-state index is 12.7. The Kier molecular flexibility index (Phi) is 5.72. The van der Waals surface area contributed by atoms with E-state index in [1.54, 1.807) is 41.5 Å². The van der Waals surface area contributed by atoms with Crippen molar-refractivity contribution in [2.75, 3.05) is 18.6 Å². The Balaban J connectivity index is 1.72. The zero-order valence-corrected chi connectivity index (χ0v) is 17.3. The van der Waals surface area contributed by atoms with Gasteiger partial charge in [0, 0.05) is 22.9 Å². The van der Waals surface area contributed by atoms with Crippen molar-refractivity contribution in [2.24, 2.45) is 5.92 Å². The first kappa shape index (κ1) is 19.6. The molecule has 1 fully saturated rings. The van der Waals surface area contributed by atoms with Gasteiger partial charge in [-0.3, -0.25) is 9.59 Å². The normalized spacial score (nSPS) is 17.9. The SMILES string of the molecule is COc1ccc(Cl)cc1N1C[C@@H](C(=O)N[C@H](C)c2sc(C)nc2C)CC1=O. The van der Waals surface area contributed by atoms with E-state index in [9.17, 15) is 9.59 Å². The molecule has 2 aromatic rings. The lowest BCUT2D eigenvalue weighted by atomic mass is 10.1. The van der Waals surface area contributed by atoms with Gasteiger partial charge in [0.15, 0.2) is 0 Å². The van der Waals surface area contributed by atoms with E-state index >= 15 is 0 Å². The highest BCUT2D eigenvalue weighted by Crippen LogP contribution is 2.35. The topological polar surface area (TPSA) is 71.5 Å². The summed E-state index contributed by atoms with van der Waals surface area (Å²) in [6.07, 6.45) is 0.162. The molecular weight excluding hydrogens is 386 g/mol. The van der Waals surface area contributed by atoms with Gasteiger partial charge in [-0.2, -0.15) is 0 Å². The number of thiazole rings is 1. The summed E-state index contributed by atoms with van der Waals surface area (Å²) in [5.74, 6) is -0.117. The van der Waals surface area contributed by atoms with Gasteiger partial charge in [-0.05, 0) is 39.0 Å². The summed E-state index contributed by atoms with van der Waals surface area (Å²) < 4.78 is 5.34. The fourth-order valence-electron chi connectivity index (χ4n) is 3.34. The first-order chi connectivity index (χ1) is 12.8. The quantitative estimate of drug-likeness (QED) is 0.821. The average Bonchev–Trinajstić information content (AvgIpc) is 3.16. The smallest absolute Gasteiger partial charge is 0.227 e. The minimum absolute atomic E-state index is 0.117. The summed E-state index contributed by atoms with van der Waals surface area (Å²) in [5.41, 5.74) is 1.52. The fraction of sp³-hybridized carbons (Fsp3) is 0.421. The molecule has 0 radical (unpaired) electrons. The number of benzene rings is 1. The van der Waals surface area contributed by atoms with Crippen LogP contribution in [0, 0.1) is 19.8 Å². The highest BCUT2D eigenvalue weighted by Gasteiger charge is 2.37. The predicted molar refractivity (Wildman–Crippen MR) is 107 cm³/mol. The molecule has 2 amide bonds. The number of hydrogen-bond donors (Lipinski definition) is 1. The summed E-state index contributed by atoms with van der Waals surface area (Å²) in [6, 6.07) is 4.96. The van der Waals surface area contributed by atoms with Crippen molar-refractivity contribution in [2.45, 2.75) is 33.2 Å². The number of carbonyl (C=O) groups excluding carboxylic acids is 2. The van der Waals surface area contributed by atoms with Crippen LogP contribution in [-0.4, -0.2) is 30.5 Å². The second kappa shape index (κ2) is 7.86. The molecule has 6 nitrogen and oxygen atoms in total. The minimum atomic E-state index is -0.419. The summed E-state index contributed by atoms with van der Waals surface area (Å²) in [7, 11) is 1.54. The molecule has 3 rings (SSSR count). The molecule has 8 heteroatoms. The van der Waals surface area contributed by atoms with Gasteiger partial charge in [0.2, 0.25) is 11.8 Å². The van der Waals surface area contributed by atoms with Gasteiger partial charge in [0.05, 0.1) is 35.5 Å². The average molecular weight is 408 g/mol. The summed E-state index contributed by atoms with van der Waals surface area (Å²) in [6.45, 7) is 6.12. The van der Waals surface area contributed by atoms with Crippen LogP contribution in [0.1, 0.15) is 35.0 Å². The number of carbonyl (C=O) groups is 2. The first-order valence-corrected chi connectivity index (χ1v) is 9.87. The second-order valence-electron chi connectivity index (χ2n) is 6.63. The molecule has 0 spiro atoms. The van der Waals surface area contributed by atoms with E-state index < -0.39 is 5.92 Å². The number of anilines is 1. The molecule has 2 atom stereocenters. The Morgan fingerprint density at radius 3 is 2.81 bits per heavy atom. The summed E-state index contributed by atoms with van der Waals surface area (Å²) in [4.78, 5) is 32.3. The van der Waals surface area contributed by atoms with Crippen LogP contribution < -0.4 is 15.0 Å². The Morgan fingerprint density at radius 2 is 2.19 bits per heavy atom. The van der Waals surface area contributed by atoms with Crippen LogP contribution in [0.15, 0.2) is 18.2 Å². The van der Waals surface area contributed by atoms with E-state index in [-0.39, 0.29) is 24.3 Å². The molecule has 0 bridgehead atoms. The monoisotopic (exact) mass is 407 g/mol. The predicted octanol–water partition coefficient (Wildman–Crippen LogP) is 3.65. The maximum Gasteiger partial charge on any atom is 0.227 e. The Labute approximate surface area is 167 Å². The Hall–Kier alpha value is -2.12. The zero-order chi connectivity index (χ0) is 19.7. The third-order valence-electron chi connectivity index (χ3n) is 4.62. The molecule has 1 aliphatic heterocycles. The van der Waals surface area contributed by atoms with Crippen molar-refractivity contribution in [3.63, 3.8) is 0 Å². The number of amides is 2. The molecule has 0 saturated carbocycles. The standard InChI is InChI=1S/C19H22ClN3O3S/c1-10-18(27-12(3)21-10)11(2)22-19(25)13-7-17(24)23(9-13)15-8-14(20)5-6-16(15)26-4/h5-6,8,11,13H,7,9H2,1-4H3,(H,22,25)/t11-,13+/m1/s1. The van der Waals surface area contributed by atoms with Crippen LogP contribution in [0.25, 0.3) is 0 Å². The molecular formula is C19H22ClN3O3S. The number of nitrogens with one attached hydrogen (secondary N) is 1. The molecule has 27 heavy (non-hydrogen) atoms. The van der Waals surface area contributed by atoms with E-state index in [0.29, 0.717) is 23.0 Å². The van der Waals surface area contributed by atoms with Gasteiger partial charge in [0.25, 0.3) is 0 Å². The lowest BCUT2D eigenvalue weighted by Gasteiger charge is -2.20. The van der Waals surface area contributed by atoms with Gasteiger partial charge in [-0.25, -0.2) is 4.98 Å². The maximum atomic E-state index is 12.7. The molecule has 1 saturated heterocycles. The van der Waals surface area contributed by atoms with Crippen molar-refractivity contribution in [3.05, 3.63) is 38.8 Å². The second-order valence-corrected chi connectivity index (χ2v) is 8.31. The first-order valence-electron chi connectivity index (χ1n) is 8.68. The number of rotatable bonds is 5. The molecule has 1 aliphatic rings. The molecule has 1 aromatic carbocycles. The van der Waals surface area contributed by atoms with Crippen LogP contribution in [0.5, 0.6) is 5.75 Å². The van der Waals surface area contributed by atoms with Gasteiger partial charge in [-0.15, -0.1) is 11.3 Å². The number of hydrogen-bond acceptors (Lipinski definition) is 5. The number of aromatic nitrogens is 1. The lowest BCUT2D eigenvalue weighted by Crippen LogP contribution is -2.34. The van der Waals surface area contributed by atoms with Crippen molar-refractivity contribution in [1.82, 2.24) is 10.3 Å². The van der Waals surface area contributed by atoms with E-state index in [4.69, 9.17) is 16.3 Å². The largest absolute Gasteiger partial charge is 0.495 e. The number of nitrogens with zero attached hydrogens (tertiary/aromatic N) is 2. The van der Waals surface area contributed by atoms with Crippen molar-refractivity contribution < 1.29 is 14.3 Å². The number of ether oxygens (including phenoxy) is 1. The third kappa shape index (κ3) is 4.09. The number of halogens is 1. The van der Waals surface area contributed by atoms with Gasteiger partial charge in [-0.1, -0.05) is 11.6 Å². The molecule has 1 N–H and O–H groups in total. The lowest BCUT2D eigenvalue weighted by molar-refractivity contribution is -0.126. The molecule has 0 unspecified atom stereocenters. The van der Waals surface area contributed by atoms with Crippen molar-refractivity contribution in [3.8, 4) is 5.75 Å². The van der Waals surface area contributed by atoms with Gasteiger partial charge < -0.3 is 15.0 Å². The van der Waals surface area contributed by atoms with E-state index in [1.165, 1.54) is 0 Å². The van der Waals surface area contributed by atoms with Crippen LogP contribution in [0.2, 0.25) is 5.02 Å². The van der Waals surface area contributed by atoms with Gasteiger partial charge >= 0.3 is 0 Å². The minimum Gasteiger partial charge on any atom is -0.495 e. The number of methoxy groups -OCH3 is 1. The molecule has 2 heterocycles. The number of aryl methyl sites for hydroxylation is 2. The zero-order valence-electron chi connectivity index (χ0n) is 15.7. The summed E-state index contributed by atoms with van der Waals surface area (Å²) >= 11 is 7.65. The Bertz CT molecular complexity index is 883. The molecule has 144 valence electrons. The molecule has 1 aromatic heterocycles. The highest BCUT2D eigenvalue weighted by molar-refractivity contribution is 7.11. The van der Waals surface area contributed by atoms with E-state index in [0.717, 1.165) is 15.6 Å². The fourth-order valence-corrected chi connectivity index (χ4v) is 4.43. The summed E-state index contributed by atoms with van der Waals surface area (Å²) in [5, 5.41) is 4.50. The van der Waals surface area contributed by atoms with E-state index in [2.05, 4.69) is 10.3 Å². The van der Waals surface area contributed by atoms with Gasteiger partial charge in [0.1, 0.15) is 5.75 Å². The highest BCUT2D eigenvalue weighted by atomic mass is 35.5. The Morgan fingerprint density at radius 1 is 1.44 bits per heavy atom. The van der Waals surface area contributed by atoms with Crippen molar-refractivity contribution >= 4 is 40.4 Å². The van der Waals surface area contributed by atoms with Crippen LogP contribution in [0.3, 0.4) is 0 Å².